The van der Waals surface area contributed by atoms with Crippen LogP contribution >= 0.6 is 0 Å². The second-order valence-electron chi connectivity index (χ2n) is 6.35. The lowest BCUT2D eigenvalue weighted by molar-refractivity contribution is 0.0600. The van der Waals surface area contributed by atoms with Gasteiger partial charge in [-0.1, -0.05) is 0 Å². The van der Waals surface area contributed by atoms with E-state index >= 15 is 0 Å². The molecule has 1 unspecified atom stereocenters. The van der Waals surface area contributed by atoms with Gasteiger partial charge in [0.25, 0.3) is 5.91 Å². The third-order valence-corrected chi connectivity index (χ3v) is 4.41. The van der Waals surface area contributed by atoms with E-state index in [9.17, 15) is 14.9 Å². The molecule has 1 amide bonds. The maximum absolute atomic E-state index is 13.1. The third-order valence-electron chi connectivity index (χ3n) is 4.41. The molecule has 1 fully saturated rings. The minimum Gasteiger partial charge on any atom is -0.378 e. The van der Waals surface area contributed by atoms with Gasteiger partial charge in [0.05, 0.1) is 17.7 Å². The minimum absolute atomic E-state index is 0.159. The second-order valence-corrected chi connectivity index (χ2v) is 6.35. The van der Waals surface area contributed by atoms with E-state index < -0.39 is 0 Å². The molecule has 8 nitrogen and oxygen atoms in total. The number of likely N-dealkylation sites (tertiary alicyclic amines) is 1. The zero-order valence-corrected chi connectivity index (χ0v) is 14.2. The number of H-pyrrole nitrogens is 2. The molecule has 0 aliphatic carbocycles. The van der Waals surface area contributed by atoms with Crippen molar-refractivity contribution in [3.63, 3.8) is 0 Å². The van der Waals surface area contributed by atoms with Crippen molar-refractivity contribution >= 4 is 11.6 Å². The lowest BCUT2D eigenvalue weighted by Gasteiger charge is -2.34. The van der Waals surface area contributed by atoms with Crippen LogP contribution < -0.4 is 10.6 Å². The molecule has 3 rings (SSSR count). The highest BCUT2D eigenvalue weighted by Crippen LogP contribution is 2.30. The van der Waals surface area contributed by atoms with Gasteiger partial charge in [-0.05, 0) is 37.5 Å². The fraction of sp³-hybridized carbons (Fsp3) is 0.412. The van der Waals surface area contributed by atoms with Gasteiger partial charge >= 0.3 is 5.69 Å². The van der Waals surface area contributed by atoms with E-state index in [-0.39, 0.29) is 17.6 Å². The Bertz CT molecular complexity index is 876. The molecule has 130 valence electrons. The Balaban J connectivity index is 1.96. The molecule has 1 saturated heterocycles. The summed E-state index contributed by atoms with van der Waals surface area (Å²) < 4.78 is 0. The number of hydrogen-bond acceptors (Lipinski definition) is 5. The number of carbonyl (C=O) groups is 1. The molecule has 8 heteroatoms. The van der Waals surface area contributed by atoms with Crippen LogP contribution in [-0.4, -0.2) is 46.6 Å². The monoisotopic (exact) mass is 340 g/mol. The van der Waals surface area contributed by atoms with E-state index in [0.717, 1.165) is 24.9 Å². The average Bonchev–Trinajstić information content (AvgIpc) is 3.06. The van der Waals surface area contributed by atoms with E-state index in [1.54, 1.807) is 23.1 Å². The molecule has 0 bridgehead atoms. The standard InChI is InChI=1S/C17H20N6O2/c1-22(2)13-8-11(10-18)7-12(9-13)16(24)23-6-4-3-5-14(23)15-19-17(25)21-20-15/h7-9,14H,3-6H2,1-2H3,(H2,19,20,21,25). The van der Waals surface area contributed by atoms with Gasteiger partial charge in [-0.2, -0.15) is 10.4 Å². The van der Waals surface area contributed by atoms with Crippen LogP contribution in [0.2, 0.25) is 0 Å². The molecule has 2 N–H and O–H groups in total. The molecule has 1 aromatic heterocycles. The van der Waals surface area contributed by atoms with Crippen molar-refractivity contribution in [3.05, 3.63) is 45.6 Å². The average molecular weight is 340 g/mol. The summed E-state index contributed by atoms with van der Waals surface area (Å²) in [4.78, 5) is 30.7. The van der Waals surface area contributed by atoms with Gasteiger partial charge in [0.2, 0.25) is 0 Å². The number of aromatic amines is 2. The highest BCUT2D eigenvalue weighted by Gasteiger charge is 2.31. The predicted molar refractivity (Wildman–Crippen MR) is 92.3 cm³/mol. The highest BCUT2D eigenvalue weighted by atomic mass is 16.2. The summed E-state index contributed by atoms with van der Waals surface area (Å²) in [5, 5.41) is 15.6. The number of nitrogens with zero attached hydrogens (tertiary/aromatic N) is 4. The van der Waals surface area contributed by atoms with Crippen molar-refractivity contribution in [2.45, 2.75) is 25.3 Å². The number of piperidine rings is 1. The van der Waals surface area contributed by atoms with Crippen LogP contribution in [0.4, 0.5) is 5.69 Å². The lowest BCUT2D eigenvalue weighted by Crippen LogP contribution is -2.39. The quantitative estimate of drug-likeness (QED) is 0.878. The molecule has 25 heavy (non-hydrogen) atoms. The Labute approximate surface area is 145 Å². The maximum atomic E-state index is 13.1. The largest absolute Gasteiger partial charge is 0.378 e. The van der Waals surface area contributed by atoms with Crippen molar-refractivity contribution in [1.82, 2.24) is 20.1 Å². The van der Waals surface area contributed by atoms with Crippen LogP contribution in [-0.2, 0) is 0 Å². The predicted octanol–water partition coefficient (Wildman–Crippen LogP) is 1.40. The Morgan fingerprint density at radius 1 is 1.36 bits per heavy atom. The summed E-state index contributed by atoms with van der Waals surface area (Å²) in [6.45, 7) is 0.590. The summed E-state index contributed by atoms with van der Waals surface area (Å²) >= 11 is 0. The zero-order valence-electron chi connectivity index (χ0n) is 14.2. The zero-order chi connectivity index (χ0) is 18.0. The molecule has 1 aliphatic rings. The smallest absolute Gasteiger partial charge is 0.340 e. The van der Waals surface area contributed by atoms with Crippen LogP contribution in [0.3, 0.4) is 0 Å². The Morgan fingerprint density at radius 3 is 2.80 bits per heavy atom. The van der Waals surface area contributed by atoms with Gasteiger partial charge < -0.3 is 9.80 Å². The van der Waals surface area contributed by atoms with Crippen LogP contribution in [0.25, 0.3) is 0 Å². The second kappa shape index (κ2) is 6.81. The van der Waals surface area contributed by atoms with Crippen molar-refractivity contribution in [1.29, 1.82) is 5.26 Å². The molecular weight excluding hydrogens is 320 g/mol. The number of hydrogen-bond donors (Lipinski definition) is 2. The molecule has 0 radical (unpaired) electrons. The van der Waals surface area contributed by atoms with Crippen molar-refractivity contribution < 1.29 is 4.79 Å². The fourth-order valence-corrected chi connectivity index (χ4v) is 3.12. The summed E-state index contributed by atoms with van der Waals surface area (Å²) in [5.74, 6) is 0.316. The Morgan fingerprint density at radius 2 is 2.16 bits per heavy atom. The molecular formula is C17H20N6O2. The van der Waals surface area contributed by atoms with Crippen LogP contribution in [0, 0.1) is 11.3 Å². The highest BCUT2D eigenvalue weighted by molar-refractivity contribution is 5.96. The molecule has 0 saturated carbocycles. The van der Waals surface area contributed by atoms with Crippen LogP contribution in [0.15, 0.2) is 23.0 Å². The van der Waals surface area contributed by atoms with Crippen LogP contribution in [0.1, 0.15) is 47.1 Å². The van der Waals surface area contributed by atoms with E-state index in [0.29, 0.717) is 23.5 Å². The Kier molecular flexibility index (Phi) is 4.57. The first-order valence-corrected chi connectivity index (χ1v) is 8.17. The van der Waals surface area contributed by atoms with Crippen molar-refractivity contribution in [3.8, 4) is 6.07 Å². The SMILES string of the molecule is CN(C)c1cc(C#N)cc(C(=O)N2CCCCC2c2n[nH]c(=O)[nH]2)c1. The molecule has 1 aliphatic heterocycles. The molecule has 1 aromatic carbocycles. The summed E-state index contributed by atoms with van der Waals surface area (Å²) in [7, 11) is 3.73. The number of nitriles is 1. The first-order chi connectivity index (χ1) is 12.0. The topological polar surface area (TPSA) is 109 Å². The van der Waals surface area contributed by atoms with E-state index in [2.05, 4.69) is 21.3 Å². The summed E-state index contributed by atoms with van der Waals surface area (Å²) in [6.07, 6.45) is 2.60. The number of carbonyl (C=O) groups excluding carboxylic acids is 1. The molecule has 2 heterocycles. The van der Waals surface area contributed by atoms with Gasteiger partial charge in [0.1, 0.15) is 0 Å². The summed E-state index contributed by atoms with van der Waals surface area (Å²) in [6, 6.07) is 6.97. The Hall–Kier alpha value is -3.08. The first kappa shape index (κ1) is 16.8. The van der Waals surface area contributed by atoms with Crippen molar-refractivity contribution in [2.24, 2.45) is 0 Å². The molecule has 0 spiro atoms. The van der Waals surface area contributed by atoms with E-state index in [1.165, 1.54) is 0 Å². The lowest BCUT2D eigenvalue weighted by atomic mass is 9.99. The molecule has 2 aromatic rings. The number of rotatable bonds is 3. The van der Waals surface area contributed by atoms with Gasteiger partial charge in [-0.3, -0.25) is 9.78 Å². The van der Waals surface area contributed by atoms with E-state index in [4.69, 9.17) is 0 Å². The summed E-state index contributed by atoms with van der Waals surface area (Å²) in [5.41, 5.74) is 1.32. The van der Waals surface area contributed by atoms with Crippen molar-refractivity contribution in [2.75, 3.05) is 25.5 Å². The number of aromatic nitrogens is 3. The van der Waals surface area contributed by atoms with E-state index in [1.807, 2.05) is 19.0 Å². The number of benzene rings is 1. The van der Waals surface area contributed by atoms with Gasteiger partial charge in [-0.15, -0.1) is 0 Å². The molecule has 1 atom stereocenters. The fourth-order valence-electron chi connectivity index (χ4n) is 3.12. The number of anilines is 1. The third kappa shape index (κ3) is 3.40. The number of nitrogens with one attached hydrogen (secondary N) is 2. The van der Waals surface area contributed by atoms with Gasteiger partial charge in [0, 0.05) is 31.9 Å². The number of amides is 1. The van der Waals surface area contributed by atoms with Gasteiger partial charge in [-0.25, -0.2) is 9.89 Å². The maximum Gasteiger partial charge on any atom is 0.340 e. The van der Waals surface area contributed by atoms with Gasteiger partial charge in [0.15, 0.2) is 5.82 Å². The van der Waals surface area contributed by atoms with Crippen LogP contribution in [0.5, 0.6) is 0 Å². The minimum atomic E-state index is -0.380. The normalized spacial score (nSPS) is 17.2. The first-order valence-electron chi connectivity index (χ1n) is 8.17.